The zero-order valence-electron chi connectivity index (χ0n) is 12.0. The van der Waals surface area contributed by atoms with Gasteiger partial charge in [-0.15, -0.1) is 0 Å². The van der Waals surface area contributed by atoms with E-state index in [0.717, 1.165) is 17.7 Å². The van der Waals surface area contributed by atoms with Crippen molar-refractivity contribution in [3.63, 3.8) is 0 Å². The van der Waals surface area contributed by atoms with Gasteiger partial charge in [-0.3, -0.25) is 0 Å². The van der Waals surface area contributed by atoms with Gasteiger partial charge in [-0.1, -0.05) is 48.6 Å². The van der Waals surface area contributed by atoms with E-state index in [4.69, 9.17) is 0 Å². The Morgan fingerprint density at radius 2 is 1.95 bits per heavy atom. The Labute approximate surface area is 129 Å². The third kappa shape index (κ3) is 2.01. The maximum atomic E-state index is 11.1. The Hall–Kier alpha value is -2.55. The molecule has 0 aromatic heterocycles. The van der Waals surface area contributed by atoms with Gasteiger partial charge < -0.3 is 15.2 Å². The molecule has 1 heterocycles. The van der Waals surface area contributed by atoms with Crippen molar-refractivity contribution in [3.05, 3.63) is 77.4 Å². The maximum Gasteiger partial charge on any atom is 0.0715 e. The van der Waals surface area contributed by atoms with Crippen LogP contribution in [0.1, 0.15) is 39.9 Å². The number of hydrogen-bond acceptors (Lipinski definition) is 3. The van der Waals surface area contributed by atoms with Gasteiger partial charge in [0.1, 0.15) is 0 Å². The average Bonchev–Trinajstić information content (AvgIpc) is 3.04. The molecule has 1 aliphatic heterocycles. The van der Waals surface area contributed by atoms with Gasteiger partial charge in [0.2, 0.25) is 0 Å². The molecule has 2 aromatic rings. The highest BCUT2D eigenvalue weighted by atomic mass is 16.4. The molecule has 0 fully saturated rings. The van der Waals surface area contributed by atoms with Crippen LogP contribution in [0.15, 0.2) is 60.7 Å². The van der Waals surface area contributed by atoms with Crippen LogP contribution in [0.4, 0.5) is 5.69 Å². The molecule has 0 saturated heterocycles. The van der Waals surface area contributed by atoms with Crippen LogP contribution < -0.4 is 10.4 Å². The lowest BCUT2D eigenvalue weighted by molar-refractivity contribution is -0.255. The second-order valence-corrected chi connectivity index (χ2v) is 5.98. The minimum Gasteiger partial charge on any atom is -0.545 e. The molecule has 0 unspecified atom stereocenters. The van der Waals surface area contributed by atoms with Gasteiger partial charge in [0, 0.05) is 11.6 Å². The van der Waals surface area contributed by atoms with Crippen molar-refractivity contribution >= 4 is 11.7 Å². The minimum atomic E-state index is -1.12. The molecular weight excluding hydrogens is 274 g/mol. The van der Waals surface area contributed by atoms with Gasteiger partial charge in [-0.2, -0.15) is 0 Å². The van der Waals surface area contributed by atoms with Crippen LogP contribution in [0.2, 0.25) is 0 Å². The normalized spacial score (nSPS) is 25.2. The van der Waals surface area contributed by atoms with Crippen LogP contribution in [0.25, 0.3) is 0 Å². The van der Waals surface area contributed by atoms with Gasteiger partial charge in [0.25, 0.3) is 0 Å². The number of benzene rings is 2. The Bertz CT molecular complexity index is 751. The summed E-state index contributed by atoms with van der Waals surface area (Å²) in [6.07, 6.45) is 5.42. The SMILES string of the molecule is O=C([O-])c1ccc2c(c1)[C@H]1C=CC[C@@H]1[C@@H](c1ccccc1)N2. The fraction of sp³-hybridized carbons (Fsp3) is 0.211. The van der Waals surface area contributed by atoms with Crippen molar-refractivity contribution in [2.24, 2.45) is 5.92 Å². The summed E-state index contributed by atoms with van der Waals surface area (Å²) in [5.41, 5.74) is 3.60. The fourth-order valence-corrected chi connectivity index (χ4v) is 3.71. The molecule has 110 valence electrons. The smallest absolute Gasteiger partial charge is 0.0715 e. The summed E-state index contributed by atoms with van der Waals surface area (Å²) < 4.78 is 0. The van der Waals surface area contributed by atoms with Gasteiger partial charge in [-0.25, -0.2) is 0 Å². The van der Waals surface area contributed by atoms with Gasteiger partial charge >= 0.3 is 0 Å². The summed E-state index contributed by atoms with van der Waals surface area (Å²) in [7, 11) is 0. The lowest BCUT2D eigenvalue weighted by Gasteiger charge is -2.37. The fourth-order valence-electron chi connectivity index (χ4n) is 3.71. The van der Waals surface area contributed by atoms with Crippen LogP contribution in [-0.4, -0.2) is 5.97 Å². The summed E-state index contributed by atoms with van der Waals surface area (Å²) in [6, 6.07) is 15.9. The molecular formula is C19H16NO2-. The molecule has 0 saturated carbocycles. The van der Waals surface area contributed by atoms with Crippen LogP contribution >= 0.6 is 0 Å². The summed E-state index contributed by atoms with van der Waals surface area (Å²) in [6.45, 7) is 0. The summed E-state index contributed by atoms with van der Waals surface area (Å²) >= 11 is 0. The maximum absolute atomic E-state index is 11.1. The molecule has 2 aromatic carbocycles. The number of aromatic carboxylic acids is 1. The molecule has 3 heteroatoms. The van der Waals surface area contributed by atoms with Crippen LogP contribution in [0.5, 0.6) is 0 Å². The van der Waals surface area contributed by atoms with E-state index < -0.39 is 5.97 Å². The van der Waals surface area contributed by atoms with E-state index in [-0.39, 0.29) is 17.5 Å². The highest BCUT2D eigenvalue weighted by Crippen LogP contribution is 2.49. The lowest BCUT2D eigenvalue weighted by atomic mass is 9.76. The third-order valence-corrected chi connectivity index (χ3v) is 4.76. The van der Waals surface area contributed by atoms with Crippen molar-refractivity contribution in [1.82, 2.24) is 0 Å². The first-order chi connectivity index (χ1) is 10.7. The molecule has 1 aliphatic carbocycles. The van der Waals surface area contributed by atoms with Crippen LogP contribution in [-0.2, 0) is 0 Å². The number of hydrogen-bond donors (Lipinski definition) is 1. The predicted octanol–water partition coefficient (Wildman–Crippen LogP) is 2.88. The van der Waals surface area contributed by atoms with Crippen molar-refractivity contribution in [2.75, 3.05) is 5.32 Å². The number of carboxylic acid groups (broad SMARTS) is 1. The lowest BCUT2D eigenvalue weighted by Crippen LogP contribution is -2.30. The van der Waals surface area contributed by atoms with Gasteiger partial charge in [-0.05, 0) is 41.2 Å². The summed E-state index contributed by atoms with van der Waals surface area (Å²) in [5.74, 6) is -0.431. The Morgan fingerprint density at radius 1 is 1.14 bits per heavy atom. The highest BCUT2D eigenvalue weighted by molar-refractivity contribution is 5.87. The number of nitrogens with one attached hydrogen (secondary N) is 1. The van der Waals surface area contributed by atoms with Gasteiger partial charge in [0.15, 0.2) is 0 Å². The summed E-state index contributed by atoms with van der Waals surface area (Å²) in [5, 5.41) is 14.7. The summed E-state index contributed by atoms with van der Waals surface area (Å²) in [4.78, 5) is 11.1. The topological polar surface area (TPSA) is 52.2 Å². The largest absolute Gasteiger partial charge is 0.545 e. The quantitative estimate of drug-likeness (QED) is 0.865. The average molecular weight is 290 g/mol. The Morgan fingerprint density at radius 3 is 2.73 bits per heavy atom. The van der Waals surface area contributed by atoms with Crippen molar-refractivity contribution < 1.29 is 9.90 Å². The second-order valence-electron chi connectivity index (χ2n) is 5.98. The van der Waals surface area contributed by atoms with Crippen molar-refractivity contribution in [1.29, 1.82) is 0 Å². The molecule has 0 amide bonds. The first kappa shape index (κ1) is 13.1. The first-order valence-electron chi connectivity index (χ1n) is 7.57. The van der Waals surface area contributed by atoms with Crippen molar-refractivity contribution in [3.8, 4) is 0 Å². The second kappa shape index (κ2) is 5.02. The number of carbonyl (C=O) groups excluding carboxylic acids is 1. The monoisotopic (exact) mass is 290 g/mol. The predicted molar refractivity (Wildman–Crippen MR) is 83.6 cm³/mol. The van der Waals surface area contributed by atoms with Gasteiger partial charge in [0.05, 0.1) is 12.0 Å². The Balaban J connectivity index is 1.79. The number of carbonyl (C=O) groups is 1. The third-order valence-electron chi connectivity index (χ3n) is 4.76. The number of rotatable bonds is 2. The number of carboxylic acids is 1. The molecule has 3 atom stereocenters. The number of fused-ring (bicyclic) bond motifs is 3. The molecule has 2 aliphatic rings. The zero-order chi connectivity index (χ0) is 15.1. The minimum absolute atomic E-state index is 0.248. The zero-order valence-corrected chi connectivity index (χ0v) is 12.0. The first-order valence-corrected chi connectivity index (χ1v) is 7.57. The molecule has 22 heavy (non-hydrogen) atoms. The molecule has 0 spiro atoms. The molecule has 0 radical (unpaired) electrons. The van der Waals surface area contributed by atoms with E-state index in [9.17, 15) is 9.90 Å². The number of anilines is 1. The standard InChI is InChI=1S/C19H17NO2/c21-19(22)13-9-10-17-16(11-13)14-7-4-8-15(14)18(20-17)12-5-2-1-3-6-12/h1-7,9-11,14-15,18,20H,8H2,(H,21,22)/p-1/t14-,15-,18+/m0/s1. The highest BCUT2D eigenvalue weighted by Gasteiger charge is 2.37. The Kier molecular flexibility index (Phi) is 3.00. The van der Waals surface area contributed by atoms with E-state index in [1.165, 1.54) is 5.56 Å². The van der Waals surface area contributed by atoms with E-state index in [1.807, 2.05) is 12.1 Å². The van der Waals surface area contributed by atoms with E-state index in [1.54, 1.807) is 12.1 Å². The van der Waals surface area contributed by atoms with Crippen LogP contribution in [0.3, 0.4) is 0 Å². The number of allylic oxidation sites excluding steroid dienone is 2. The molecule has 0 bridgehead atoms. The van der Waals surface area contributed by atoms with Crippen LogP contribution in [0, 0.1) is 5.92 Å². The van der Waals surface area contributed by atoms with E-state index >= 15 is 0 Å². The van der Waals surface area contributed by atoms with Crippen molar-refractivity contribution in [2.45, 2.75) is 18.4 Å². The van der Waals surface area contributed by atoms with E-state index in [2.05, 4.69) is 41.7 Å². The molecule has 4 rings (SSSR count). The van der Waals surface area contributed by atoms with E-state index in [0.29, 0.717) is 5.92 Å². The molecule has 3 nitrogen and oxygen atoms in total. The molecule has 1 N–H and O–H groups in total.